The minimum atomic E-state index is -0.530. The summed E-state index contributed by atoms with van der Waals surface area (Å²) in [6, 6.07) is 9.91. The van der Waals surface area contributed by atoms with Crippen molar-refractivity contribution < 1.29 is 13.2 Å². The van der Waals surface area contributed by atoms with Crippen LogP contribution in [0, 0.1) is 31.3 Å². The molecule has 0 amide bonds. The minimum Gasteiger partial charge on any atom is -0.207 e. The van der Waals surface area contributed by atoms with E-state index >= 15 is 0 Å². The fourth-order valence-corrected chi connectivity index (χ4v) is 1.10. The molecular formula is C16H19F3. The highest BCUT2D eigenvalue weighted by molar-refractivity contribution is 5.16. The Morgan fingerprint density at radius 1 is 0.684 bits per heavy atom. The van der Waals surface area contributed by atoms with Gasteiger partial charge in [0.1, 0.15) is 17.5 Å². The van der Waals surface area contributed by atoms with E-state index in [1.807, 2.05) is 20.8 Å². The summed E-state index contributed by atoms with van der Waals surface area (Å²) >= 11 is 0. The number of benzene rings is 2. The third kappa shape index (κ3) is 7.29. The van der Waals surface area contributed by atoms with E-state index in [-0.39, 0.29) is 5.82 Å². The molecule has 0 bridgehead atoms. The Labute approximate surface area is 112 Å². The van der Waals surface area contributed by atoms with Crippen LogP contribution < -0.4 is 0 Å². The van der Waals surface area contributed by atoms with Crippen molar-refractivity contribution in [1.82, 2.24) is 0 Å². The Morgan fingerprint density at radius 3 is 1.53 bits per heavy atom. The molecule has 0 aliphatic carbocycles. The maximum Gasteiger partial charge on any atom is 0.129 e. The second kappa shape index (κ2) is 9.20. The van der Waals surface area contributed by atoms with Gasteiger partial charge in [0.15, 0.2) is 0 Å². The molecule has 0 nitrogen and oxygen atoms in total. The Balaban J connectivity index is 0.000000303. The SMILES string of the molecule is CC.Cc1ccc(F)cc1.Cc1ccc(F)cc1F. The highest BCUT2D eigenvalue weighted by Crippen LogP contribution is 2.06. The largest absolute Gasteiger partial charge is 0.207 e. The molecule has 0 spiro atoms. The van der Waals surface area contributed by atoms with Crippen LogP contribution in [0.2, 0.25) is 0 Å². The van der Waals surface area contributed by atoms with Crippen LogP contribution in [0.4, 0.5) is 13.2 Å². The Kier molecular flexibility index (Phi) is 8.34. The molecule has 0 unspecified atom stereocenters. The van der Waals surface area contributed by atoms with Crippen molar-refractivity contribution in [1.29, 1.82) is 0 Å². The Bertz CT molecular complexity index is 455. The zero-order chi connectivity index (χ0) is 14.8. The van der Waals surface area contributed by atoms with Gasteiger partial charge in [-0.2, -0.15) is 0 Å². The molecule has 2 rings (SSSR count). The van der Waals surface area contributed by atoms with Crippen molar-refractivity contribution in [2.45, 2.75) is 27.7 Å². The van der Waals surface area contributed by atoms with Crippen molar-refractivity contribution in [2.24, 2.45) is 0 Å². The Hall–Kier alpha value is -1.77. The lowest BCUT2D eigenvalue weighted by atomic mass is 10.2. The van der Waals surface area contributed by atoms with Crippen LogP contribution in [0.3, 0.4) is 0 Å². The summed E-state index contributed by atoms with van der Waals surface area (Å²) in [5.74, 6) is -1.19. The van der Waals surface area contributed by atoms with Gasteiger partial charge in [0.25, 0.3) is 0 Å². The Morgan fingerprint density at radius 2 is 1.16 bits per heavy atom. The molecule has 0 N–H and O–H groups in total. The van der Waals surface area contributed by atoms with Gasteiger partial charge < -0.3 is 0 Å². The van der Waals surface area contributed by atoms with Gasteiger partial charge >= 0.3 is 0 Å². The molecular weight excluding hydrogens is 249 g/mol. The molecule has 0 saturated heterocycles. The van der Waals surface area contributed by atoms with Gasteiger partial charge in [-0.15, -0.1) is 0 Å². The number of aryl methyl sites for hydroxylation is 2. The first-order valence-electron chi connectivity index (χ1n) is 6.13. The van der Waals surface area contributed by atoms with Crippen LogP contribution in [-0.4, -0.2) is 0 Å². The maximum atomic E-state index is 12.3. The van der Waals surface area contributed by atoms with E-state index < -0.39 is 11.6 Å². The van der Waals surface area contributed by atoms with Crippen molar-refractivity contribution in [3.05, 3.63) is 71.0 Å². The zero-order valence-electron chi connectivity index (χ0n) is 11.7. The van der Waals surface area contributed by atoms with Crippen molar-refractivity contribution >= 4 is 0 Å². The first-order valence-corrected chi connectivity index (χ1v) is 6.13. The van der Waals surface area contributed by atoms with Gasteiger partial charge in [0, 0.05) is 6.07 Å². The molecule has 0 fully saturated rings. The van der Waals surface area contributed by atoms with E-state index in [4.69, 9.17) is 0 Å². The van der Waals surface area contributed by atoms with E-state index in [1.165, 1.54) is 24.3 Å². The van der Waals surface area contributed by atoms with Gasteiger partial charge in [-0.05, 0) is 37.6 Å². The first-order chi connectivity index (χ1) is 8.99. The third-order valence-electron chi connectivity index (χ3n) is 2.14. The molecule has 0 saturated carbocycles. The standard InChI is InChI=1S/C7H6F2.C7H7F.C2H6/c1-5-2-3-6(8)4-7(5)9;1-6-2-4-7(8)5-3-6;1-2/h2-4H,1H3;2-5H,1H3;1-2H3. The second-order valence-electron chi connectivity index (χ2n) is 3.69. The van der Waals surface area contributed by atoms with Gasteiger partial charge in [0.05, 0.1) is 0 Å². The summed E-state index contributed by atoms with van der Waals surface area (Å²) in [7, 11) is 0. The number of rotatable bonds is 0. The van der Waals surface area contributed by atoms with Crippen LogP contribution in [0.15, 0.2) is 42.5 Å². The molecule has 0 aliphatic rings. The van der Waals surface area contributed by atoms with E-state index in [1.54, 1.807) is 19.1 Å². The van der Waals surface area contributed by atoms with Crippen LogP contribution in [0.5, 0.6) is 0 Å². The first kappa shape index (κ1) is 17.2. The summed E-state index contributed by atoms with van der Waals surface area (Å²) in [5, 5.41) is 0. The van der Waals surface area contributed by atoms with Gasteiger partial charge in [-0.1, -0.05) is 37.6 Å². The predicted octanol–water partition coefficient (Wildman–Crippen LogP) is 5.43. The van der Waals surface area contributed by atoms with Crippen molar-refractivity contribution in [3.8, 4) is 0 Å². The average Bonchev–Trinajstić information content (AvgIpc) is 2.41. The fourth-order valence-electron chi connectivity index (χ4n) is 1.10. The molecule has 0 aromatic heterocycles. The highest BCUT2D eigenvalue weighted by Gasteiger charge is 1.95. The lowest BCUT2D eigenvalue weighted by molar-refractivity contribution is 0.577. The summed E-state index contributed by atoms with van der Waals surface area (Å²) in [4.78, 5) is 0. The maximum absolute atomic E-state index is 12.3. The normalized spacial score (nSPS) is 8.79. The van der Waals surface area contributed by atoms with E-state index in [0.29, 0.717) is 5.56 Å². The monoisotopic (exact) mass is 268 g/mol. The smallest absolute Gasteiger partial charge is 0.129 e. The van der Waals surface area contributed by atoms with Crippen LogP contribution >= 0.6 is 0 Å². The summed E-state index contributed by atoms with van der Waals surface area (Å²) in [5.41, 5.74) is 1.56. The number of halogens is 3. The van der Waals surface area contributed by atoms with E-state index in [0.717, 1.165) is 11.6 Å². The summed E-state index contributed by atoms with van der Waals surface area (Å²) in [6.07, 6.45) is 0. The van der Waals surface area contributed by atoms with Gasteiger partial charge in [-0.3, -0.25) is 0 Å². The molecule has 0 aliphatic heterocycles. The zero-order valence-corrected chi connectivity index (χ0v) is 11.7. The summed E-state index contributed by atoms with van der Waals surface area (Å²) in [6.45, 7) is 7.52. The van der Waals surface area contributed by atoms with Crippen molar-refractivity contribution in [3.63, 3.8) is 0 Å². The molecule has 0 heterocycles. The second-order valence-corrected chi connectivity index (χ2v) is 3.69. The molecule has 0 atom stereocenters. The lowest BCUT2D eigenvalue weighted by Crippen LogP contribution is -1.81. The fraction of sp³-hybridized carbons (Fsp3) is 0.250. The van der Waals surface area contributed by atoms with E-state index in [9.17, 15) is 13.2 Å². The van der Waals surface area contributed by atoms with Crippen LogP contribution in [0.1, 0.15) is 25.0 Å². The number of hydrogen-bond donors (Lipinski definition) is 0. The minimum absolute atomic E-state index is 0.171. The molecule has 3 heteroatoms. The summed E-state index contributed by atoms with van der Waals surface area (Å²) < 4.78 is 36.5. The molecule has 104 valence electrons. The molecule has 2 aromatic rings. The predicted molar refractivity (Wildman–Crippen MR) is 73.6 cm³/mol. The van der Waals surface area contributed by atoms with Gasteiger partial charge in [0.2, 0.25) is 0 Å². The quantitative estimate of drug-likeness (QED) is 0.597. The van der Waals surface area contributed by atoms with Crippen LogP contribution in [-0.2, 0) is 0 Å². The number of hydrogen-bond acceptors (Lipinski definition) is 0. The average molecular weight is 268 g/mol. The lowest BCUT2D eigenvalue weighted by Gasteiger charge is -1.92. The van der Waals surface area contributed by atoms with E-state index in [2.05, 4.69) is 0 Å². The highest BCUT2D eigenvalue weighted by atomic mass is 19.1. The van der Waals surface area contributed by atoms with Crippen LogP contribution in [0.25, 0.3) is 0 Å². The van der Waals surface area contributed by atoms with Crippen molar-refractivity contribution in [2.75, 3.05) is 0 Å². The molecule has 0 radical (unpaired) electrons. The topological polar surface area (TPSA) is 0 Å². The van der Waals surface area contributed by atoms with Gasteiger partial charge in [-0.25, -0.2) is 13.2 Å². The third-order valence-corrected chi connectivity index (χ3v) is 2.14. The molecule has 2 aromatic carbocycles. The molecule has 19 heavy (non-hydrogen) atoms.